The summed E-state index contributed by atoms with van der Waals surface area (Å²) in [6, 6.07) is 3.66. The summed E-state index contributed by atoms with van der Waals surface area (Å²) < 4.78 is 5.28. The average molecular weight is 269 g/mol. The lowest BCUT2D eigenvalue weighted by molar-refractivity contribution is -0.160. The molecule has 5 nitrogen and oxygen atoms in total. The van der Waals surface area contributed by atoms with E-state index < -0.39 is 12.1 Å². The number of amides is 1. The van der Waals surface area contributed by atoms with Crippen molar-refractivity contribution in [2.24, 2.45) is 0 Å². The normalized spacial score (nSPS) is 24.0. The highest BCUT2D eigenvalue weighted by Gasteiger charge is 2.33. The SMILES string of the molecule is Cc1ccc(C(=O)N2CC(C(=O)O)O[C@H](C)C2)s1. The number of morpholine rings is 1. The smallest absolute Gasteiger partial charge is 0.334 e. The van der Waals surface area contributed by atoms with Crippen molar-refractivity contribution >= 4 is 23.2 Å². The monoisotopic (exact) mass is 269 g/mol. The Bertz CT molecular complexity index is 470. The Balaban J connectivity index is 2.12. The van der Waals surface area contributed by atoms with Gasteiger partial charge in [-0.05, 0) is 26.0 Å². The average Bonchev–Trinajstić information content (AvgIpc) is 2.74. The minimum atomic E-state index is -1.03. The molecule has 2 heterocycles. The van der Waals surface area contributed by atoms with Gasteiger partial charge in [0.1, 0.15) is 0 Å². The Morgan fingerprint density at radius 3 is 2.72 bits per heavy atom. The number of rotatable bonds is 2. The van der Waals surface area contributed by atoms with Crippen LogP contribution in [0.2, 0.25) is 0 Å². The van der Waals surface area contributed by atoms with Crippen LogP contribution in [0.1, 0.15) is 21.5 Å². The lowest BCUT2D eigenvalue weighted by Gasteiger charge is -2.34. The molecule has 1 aliphatic rings. The fraction of sp³-hybridized carbons (Fsp3) is 0.500. The number of thiophene rings is 1. The van der Waals surface area contributed by atoms with Crippen LogP contribution in [0.15, 0.2) is 12.1 Å². The number of aliphatic carboxylic acids is 1. The van der Waals surface area contributed by atoms with E-state index in [0.29, 0.717) is 11.4 Å². The third kappa shape index (κ3) is 2.70. The zero-order valence-electron chi connectivity index (χ0n) is 10.3. The van der Waals surface area contributed by atoms with Crippen LogP contribution >= 0.6 is 11.3 Å². The fourth-order valence-electron chi connectivity index (χ4n) is 1.96. The van der Waals surface area contributed by atoms with Crippen molar-refractivity contribution in [2.75, 3.05) is 13.1 Å². The van der Waals surface area contributed by atoms with Crippen LogP contribution in [0.3, 0.4) is 0 Å². The van der Waals surface area contributed by atoms with Crippen molar-refractivity contribution in [3.05, 3.63) is 21.9 Å². The highest BCUT2D eigenvalue weighted by molar-refractivity contribution is 7.13. The van der Waals surface area contributed by atoms with E-state index in [0.717, 1.165) is 4.88 Å². The molecule has 1 aromatic rings. The molecule has 1 saturated heterocycles. The Morgan fingerprint density at radius 2 is 2.17 bits per heavy atom. The summed E-state index contributed by atoms with van der Waals surface area (Å²) in [5.74, 6) is -1.14. The Labute approximate surface area is 109 Å². The molecular weight excluding hydrogens is 254 g/mol. The highest BCUT2D eigenvalue weighted by atomic mass is 32.1. The molecule has 0 aliphatic carbocycles. The largest absolute Gasteiger partial charge is 0.479 e. The van der Waals surface area contributed by atoms with Crippen LogP contribution in [0.25, 0.3) is 0 Å². The molecule has 1 aromatic heterocycles. The number of hydrogen-bond acceptors (Lipinski definition) is 4. The van der Waals surface area contributed by atoms with Gasteiger partial charge < -0.3 is 14.7 Å². The van der Waals surface area contributed by atoms with Gasteiger partial charge in [0.15, 0.2) is 6.10 Å². The van der Waals surface area contributed by atoms with Gasteiger partial charge in [0, 0.05) is 11.4 Å². The third-order valence-corrected chi connectivity index (χ3v) is 3.76. The molecule has 6 heteroatoms. The molecule has 1 amide bonds. The zero-order valence-corrected chi connectivity index (χ0v) is 11.1. The molecule has 18 heavy (non-hydrogen) atoms. The van der Waals surface area contributed by atoms with Gasteiger partial charge in [-0.3, -0.25) is 4.79 Å². The van der Waals surface area contributed by atoms with E-state index >= 15 is 0 Å². The summed E-state index contributed by atoms with van der Waals surface area (Å²) in [4.78, 5) is 26.4. The molecule has 0 bridgehead atoms. The molecule has 1 unspecified atom stereocenters. The van der Waals surface area contributed by atoms with Crippen molar-refractivity contribution in [3.8, 4) is 0 Å². The fourth-order valence-corrected chi connectivity index (χ4v) is 2.79. The van der Waals surface area contributed by atoms with Crippen molar-refractivity contribution < 1.29 is 19.4 Å². The van der Waals surface area contributed by atoms with Gasteiger partial charge in [-0.2, -0.15) is 0 Å². The van der Waals surface area contributed by atoms with E-state index in [1.54, 1.807) is 17.9 Å². The topological polar surface area (TPSA) is 66.8 Å². The number of aryl methyl sites for hydroxylation is 1. The molecule has 0 spiro atoms. The summed E-state index contributed by atoms with van der Waals surface area (Å²) in [7, 11) is 0. The van der Waals surface area contributed by atoms with E-state index in [4.69, 9.17) is 9.84 Å². The first-order valence-corrected chi connectivity index (χ1v) is 6.53. The standard InChI is InChI=1S/C12H15NO4S/c1-7-5-13(6-9(17-7)12(15)16)11(14)10-4-3-8(2)18-10/h3-4,7,9H,5-6H2,1-2H3,(H,15,16)/t7-,9?/m1/s1. The second kappa shape index (κ2) is 5.07. The van der Waals surface area contributed by atoms with Crippen molar-refractivity contribution in [1.29, 1.82) is 0 Å². The highest BCUT2D eigenvalue weighted by Crippen LogP contribution is 2.20. The van der Waals surface area contributed by atoms with Gasteiger partial charge in [0.05, 0.1) is 17.5 Å². The minimum absolute atomic E-state index is 0.107. The van der Waals surface area contributed by atoms with Crippen LogP contribution in [-0.2, 0) is 9.53 Å². The maximum absolute atomic E-state index is 12.2. The van der Waals surface area contributed by atoms with E-state index in [2.05, 4.69) is 0 Å². The second-order valence-electron chi connectivity index (χ2n) is 4.39. The predicted molar refractivity (Wildman–Crippen MR) is 66.9 cm³/mol. The van der Waals surface area contributed by atoms with Crippen molar-refractivity contribution in [1.82, 2.24) is 4.90 Å². The first-order chi connectivity index (χ1) is 8.47. The number of carboxylic acid groups (broad SMARTS) is 1. The quantitative estimate of drug-likeness (QED) is 0.880. The molecular formula is C12H15NO4S. The van der Waals surface area contributed by atoms with E-state index in [-0.39, 0.29) is 18.6 Å². The summed E-state index contributed by atoms with van der Waals surface area (Å²) in [5, 5.41) is 8.97. The first-order valence-electron chi connectivity index (χ1n) is 5.71. The lowest BCUT2D eigenvalue weighted by atomic mass is 10.2. The zero-order chi connectivity index (χ0) is 13.3. The van der Waals surface area contributed by atoms with Gasteiger partial charge in [-0.25, -0.2) is 4.79 Å². The maximum atomic E-state index is 12.2. The second-order valence-corrected chi connectivity index (χ2v) is 5.68. The van der Waals surface area contributed by atoms with Gasteiger partial charge in [0.25, 0.3) is 5.91 Å². The number of carbonyl (C=O) groups excluding carboxylic acids is 1. The van der Waals surface area contributed by atoms with Crippen LogP contribution < -0.4 is 0 Å². The van der Waals surface area contributed by atoms with Crippen LogP contribution in [0.4, 0.5) is 0 Å². The molecule has 0 radical (unpaired) electrons. The van der Waals surface area contributed by atoms with E-state index in [1.807, 2.05) is 13.0 Å². The maximum Gasteiger partial charge on any atom is 0.334 e. The Hall–Kier alpha value is -1.40. The molecule has 0 aromatic carbocycles. The molecule has 2 rings (SSSR count). The van der Waals surface area contributed by atoms with Crippen molar-refractivity contribution in [2.45, 2.75) is 26.1 Å². The van der Waals surface area contributed by atoms with E-state index in [9.17, 15) is 9.59 Å². The Morgan fingerprint density at radius 1 is 1.44 bits per heavy atom. The Kier molecular flexibility index (Phi) is 3.68. The predicted octanol–water partition coefficient (Wildman–Crippen LogP) is 1.37. The number of hydrogen-bond donors (Lipinski definition) is 1. The van der Waals surface area contributed by atoms with Crippen LogP contribution in [0, 0.1) is 6.92 Å². The molecule has 1 N–H and O–H groups in total. The molecule has 1 aliphatic heterocycles. The number of nitrogens with zero attached hydrogens (tertiary/aromatic N) is 1. The van der Waals surface area contributed by atoms with Gasteiger partial charge in [-0.1, -0.05) is 0 Å². The molecule has 0 saturated carbocycles. The summed E-state index contributed by atoms with van der Waals surface area (Å²) in [5.41, 5.74) is 0. The number of ether oxygens (including phenoxy) is 1. The molecule has 98 valence electrons. The van der Waals surface area contributed by atoms with Crippen molar-refractivity contribution in [3.63, 3.8) is 0 Å². The van der Waals surface area contributed by atoms with Crippen LogP contribution in [0.5, 0.6) is 0 Å². The van der Waals surface area contributed by atoms with Gasteiger partial charge >= 0.3 is 5.97 Å². The minimum Gasteiger partial charge on any atom is -0.479 e. The van der Waals surface area contributed by atoms with Crippen LogP contribution in [-0.4, -0.2) is 47.2 Å². The summed E-state index contributed by atoms with van der Waals surface area (Å²) in [6.07, 6.45) is -1.19. The number of carboxylic acids is 1. The van der Waals surface area contributed by atoms with Gasteiger partial charge in [-0.15, -0.1) is 11.3 Å². The summed E-state index contributed by atoms with van der Waals surface area (Å²) in [6.45, 7) is 4.24. The first kappa shape index (κ1) is 13.0. The lowest BCUT2D eigenvalue weighted by Crippen LogP contribution is -2.51. The van der Waals surface area contributed by atoms with Gasteiger partial charge in [0.2, 0.25) is 0 Å². The number of carbonyl (C=O) groups is 2. The molecule has 1 fully saturated rings. The molecule has 2 atom stereocenters. The summed E-state index contributed by atoms with van der Waals surface area (Å²) >= 11 is 1.42. The van der Waals surface area contributed by atoms with E-state index in [1.165, 1.54) is 11.3 Å². The third-order valence-electron chi connectivity index (χ3n) is 2.77.